The van der Waals surface area contributed by atoms with Gasteiger partial charge in [-0.3, -0.25) is 4.79 Å². The van der Waals surface area contributed by atoms with Gasteiger partial charge < -0.3 is 10.8 Å². The summed E-state index contributed by atoms with van der Waals surface area (Å²) in [6, 6.07) is 11.6. The topological polar surface area (TPSA) is 63.3 Å². The molecular formula is C14H14BrNO2. The zero-order valence-electron chi connectivity index (χ0n) is 9.77. The zero-order valence-corrected chi connectivity index (χ0v) is 11.4. The summed E-state index contributed by atoms with van der Waals surface area (Å²) in [6.07, 6.45) is 0.534. The SMILES string of the molecule is NC(CCC(=O)O)c1ccc(Br)c2ccccc12. The maximum absolute atomic E-state index is 10.6. The number of hydrogen-bond acceptors (Lipinski definition) is 2. The van der Waals surface area contributed by atoms with E-state index < -0.39 is 5.97 Å². The van der Waals surface area contributed by atoms with Crippen molar-refractivity contribution in [1.82, 2.24) is 0 Å². The van der Waals surface area contributed by atoms with Crippen molar-refractivity contribution in [3.8, 4) is 0 Å². The van der Waals surface area contributed by atoms with Crippen LogP contribution >= 0.6 is 15.9 Å². The van der Waals surface area contributed by atoms with E-state index in [4.69, 9.17) is 10.8 Å². The van der Waals surface area contributed by atoms with Gasteiger partial charge in [-0.1, -0.05) is 46.3 Å². The minimum atomic E-state index is -0.813. The summed E-state index contributed by atoms with van der Waals surface area (Å²) in [4.78, 5) is 10.6. The van der Waals surface area contributed by atoms with Crippen molar-refractivity contribution < 1.29 is 9.90 Å². The molecule has 2 aromatic carbocycles. The lowest BCUT2D eigenvalue weighted by molar-refractivity contribution is -0.137. The summed E-state index contributed by atoms with van der Waals surface area (Å²) in [5.74, 6) is -0.813. The molecule has 0 fully saturated rings. The van der Waals surface area contributed by atoms with Gasteiger partial charge in [0.15, 0.2) is 0 Å². The van der Waals surface area contributed by atoms with Crippen LogP contribution in [0.2, 0.25) is 0 Å². The van der Waals surface area contributed by atoms with Crippen molar-refractivity contribution in [1.29, 1.82) is 0 Å². The number of carboxylic acids is 1. The maximum atomic E-state index is 10.6. The lowest BCUT2D eigenvalue weighted by Crippen LogP contribution is -2.12. The van der Waals surface area contributed by atoms with Crippen molar-refractivity contribution in [3.05, 3.63) is 46.4 Å². The molecule has 0 radical (unpaired) electrons. The number of rotatable bonds is 4. The zero-order chi connectivity index (χ0) is 13.1. The van der Waals surface area contributed by atoms with Crippen molar-refractivity contribution in [2.75, 3.05) is 0 Å². The molecule has 0 aliphatic heterocycles. The van der Waals surface area contributed by atoms with Crippen molar-refractivity contribution >= 4 is 32.7 Å². The van der Waals surface area contributed by atoms with Gasteiger partial charge in [0.05, 0.1) is 0 Å². The Kier molecular flexibility index (Phi) is 3.99. The molecule has 94 valence electrons. The molecule has 0 aromatic heterocycles. The van der Waals surface area contributed by atoms with Crippen molar-refractivity contribution in [2.24, 2.45) is 5.73 Å². The van der Waals surface area contributed by atoms with Crippen LogP contribution in [-0.4, -0.2) is 11.1 Å². The van der Waals surface area contributed by atoms with Crippen LogP contribution in [0.4, 0.5) is 0 Å². The van der Waals surface area contributed by atoms with Crippen molar-refractivity contribution in [2.45, 2.75) is 18.9 Å². The third-order valence-electron chi connectivity index (χ3n) is 2.97. The van der Waals surface area contributed by atoms with Gasteiger partial charge in [0.2, 0.25) is 0 Å². The molecule has 3 N–H and O–H groups in total. The molecule has 0 saturated carbocycles. The molecule has 0 saturated heterocycles. The Morgan fingerprint density at radius 3 is 2.56 bits per heavy atom. The third-order valence-corrected chi connectivity index (χ3v) is 3.66. The molecule has 4 heteroatoms. The molecular weight excluding hydrogens is 294 g/mol. The predicted molar refractivity (Wildman–Crippen MR) is 75.4 cm³/mol. The Morgan fingerprint density at radius 2 is 1.89 bits per heavy atom. The average molecular weight is 308 g/mol. The van der Waals surface area contributed by atoms with Gasteiger partial charge in [-0.05, 0) is 28.8 Å². The highest BCUT2D eigenvalue weighted by Gasteiger charge is 2.12. The number of hydrogen-bond donors (Lipinski definition) is 2. The van der Waals surface area contributed by atoms with Gasteiger partial charge in [0.1, 0.15) is 0 Å². The van der Waals surface area contributed by atoms with Crippen LogP contribution in [0.15, 0.2) is 40.9 Å². The molecule has 2 rings (SSSR count). The molecule has 0 spiro atoms. The Bertz CT molecular complexity index is 583. The number of nitrogens with two attached hydrogens (primary N) is 1. The summed E-state index contributed by atoms with van der Waals surface area (Å²) in [7, 11) is 0. The van der Waals surface area contributed by atoms with E-state index in [1.807, 2.05) is 36.4 Å². The predicted octanol–water partition coefficient (Wildman–Crippen LogP) is 3.47. The fraction of sp³-hybridized carbons (Fsp3) is 0.214. The van der Waals surface area contributed by atoms with Crippen LogP contribution in [-0.2, 0) is 4.79 Å². The normalized spacial score (nSPS) is 12.6. The number of benzene rings is 2. The smallest absolute Gasteiger partial charge is 0.303 e. The average Bonchev–Trinajstić information content (AvgIpc) is 2.37. The molecule has 0 bridgehead atoms. The highest BCUT2D eigenvalue weighted by molar-refractivity contribution is 9.10. The summed E-state index contributed by atoms with van der Waals surface area (Å²) < 4.78 is 1.02. The van der Waals surface area contributed by atoms with Crippen LogP contribution < -0.4 is 5.73 Å². The second-order valence-electron chi connectivity index (χ2n) is 4.22. The van der Waals surface area contributed by atoms with E-state index in [0.717, 1.165) is 20.8 Å². The first kappa shape index (κ1) is 13.1. The second-order valence-corrected chi connectivity index (χ2v) is 5.08. The standard InChI is InChI=1S/C14H14BrNO2/c15-12-6-5-11(13(16)7-8-14(17)18)9-3-1-2-4-10(9)12/h1-6,13H,7-8,16H2,(H,17,18). The minimum absolute atomic E-state index is 0.0888. The van der Waals surface area contributed by atoms with Crippen LogP contribution in [0.3, 0.4) is 0 Å². The van der Waals surface area contributed by atoms with E-state index in [9.17, 15) is 4.79 Å². The summed E-state index contributed by atoms with van der Waals surface area (Å²) in [5, 5.41) is 10.9. The van der Waals surface area contributed by atoms with Gasteiger partial charge >= 0.3 is 5.97 Å². The molecule has 18 heavy (non-hydrogen) atoms. The van der Waals surface area contributed by atoms with Crippen LogP contribution in [0.25, 0.3) is 10.8 Å². The number of carboxylic acid groups (broad SMARTS) is 1. The summed E-state index contributed by atoms with van der Waals surface area (Å²) in [6.45, 7) is 0. The maximum Gasteiger partial charge on any atom is 0.303 e. The number of halogens is 1. The molecule has 0 aliphatic carbocycles. The monoisotopic (exact) mass is 307 g/mol. The number of carbonyl (C=O) groups is 1. The molecule has 2 aromatic rings. The largest absolute Gasteiger partial charge is 0.481 e. The fourth-order valence-electron chi connectivity index (χ4n) is 2.04. The molecule has 0 aliphatic rings. The van der Waals surface area contributed by atoms with Gasteiger partial charge in [-0.15, -0.1) is 0 Å². The molecule has 3 nitrogen and oxygen atoms in total. The van der Waals surface area contributed by atoms with Gasteiger partial charge in [0.25, 0.3) is 0 Å². The highest BCUT2D eigenvalue weighted by atomic mass is 79.9. The van der Waals surface area contributed by atoms with Crippen LogP contribution in [0.5, 0.6) is 0 Å². The minimum Gasteiger partial charge on any atom is -0.481 e. The fourth-order valence-corrected chi connectivity index (χ4v) is 2.52. The van der Waals surface area contributed by atoms with Crippen LogP contribution in [0.1, 0.15) is 24.4 Å². The Labute approximate surface area is 114 Å². The van der Waals surface area contributed by atoms with Crippen molar-refractivity contribution in [3.63, 3.8) is 0 Å². The highest BCUT2D eigenvalue weighted by Crippen LogP contribution is 2.30. The lowest BCUT2D eigenvalue weighted by atomic mass is 9.96. The van der Waals surface area contributed by atoms with Crippen LogP contribution in [0, 0.1) is 0 Å². The summed E-state index contributed by atoms with van der Waals surface area (Å²) in [5.41, 5.74) is 7.08. The van der Waals surface area contributed by atoms with E-state index in [2.05, 4.69) is 15.9 Å². The third kappa shape index (κ3) is 2.71. The Morgan fingerprint density at radius 1 is 1.22 bits per heavy atom. The second kappa shape index (κ2) is 5.50. The molecule has 0 amide bonds. The summed E-state index contributed by atoms with van der Waals surface area (Å²) >= 11 is 3.51. The Hall–Kier alpha value is -1.39. The van der Waals surface area contributed by atoms with E-state index in [1.165, 1.54) is 0 Å². The molecule has 1 unspecified atom stereocenters. The first-order chi connectivity index (χ1) is 8.59. The molecule has 1 atom stereocenters. The quantitative estimate of drug-likeness (QED) is 0.909. The van der Waals surface area contributed by atoms with Gasteiger partial charge in [-0.2, -0.15) is 0 Å². The van der Waals surface area contributed by atoms with E-state index in [0.29, 0.717) is 6.42 Å². The van der Waals surface area contributed by atoms with Gasteiger partial charge in [-0.25, -0.2) is 0 Å². The number of fused-ring (bicyclic) bond motifs is 1. The van der Waals surface area contributed by atoms with Gasteiger partial charge in [0, 0.05) is 16.9 Å². The lowest BCUT2D eigenvalue weighted by Gasteiger charge is -2.14. The molecule has 0 heterocycles. The first-order valence-electron chi connectivity index (χ1n) is 5.74. The van der Waals surface area contributed by atoms with E-state index in [-0.39, 0.29) is 12.5 Å². The first-order valence-corrected chi connectivity index (χ1v) is 6.53. The van der Waals surface area contributed by atoms with E-state index >= 15 is 0 Å². The number of aliphatic carboxylic acids is 1. The van der Waals surface area contributed by atoms with E-state index in [1.54, 1.807) is 0 Å². The Balaban J connectivity index is 2.39.